The van der Waals surface area contributed by atoms with E-state index in [0.29, 0.717) is 41.7 Å². The van der Waals surface area contributed by atoms with Crippen LogP contribution in [0, 0.1) is 11.8 Å². The molecule has 3 aliphatic heterocycles. The van der Waals surface area contributed by atoms with Crippen molar-refractivity contribution in [3.8, 4) is 17.2 Å². The van der Waals surface area contributed by atoms with Crippen molar-refractivity contribution in [2.45, 2.75) is 110 Å². The Morgan fingerprint density at radius 1 is 1.00 bits per heavy atom. The van der Waals surface area contributed by atoms with E-state index < -0.39 is 40.1 Å². The number of aliphatic carboxylic acids is 1. The molecule has 0 amide bonds. The smallest absolute Gasteiger partial charge is 0.330 e. The molecular formula is C38H44O8. The van der Waals surface area contributed by atoms with E-state index in [4.69, 9.17) is 14.2 Å². The maximum atomic E-state index is 14.7. The van der Waals surface area contributed by atoms with Gasteiger partial charge < -0.3 is 24.4 Å². The maximum Gasteiger partial charge on any atom is 0.330 e. The summed E-state index contributed by atoms with van der Waals surface area (Å²) in [5.74, 6) is -2.28. The zero-order valence-corrected chi connectivity index (χ0v) is 28.0. The minimum atomic E-state index is -1.63. The zero-order valence-electron chi connectivity index (χ0n) is 28.0. The Morgan fingerprint density at radius 3 is 2.35 bits per heavy atom. The largest absolute Gasteiger partial charge is 0.506 e. The van der Waals surface area contributed by atoms with E-state index in [-0.39, 0.29) is 40.8 Å². The van der Waals surface area contributed by atoms with Gasteiger partial charge in [-0.15, -0.1) is 0 Å². The minimum absolute atomic E-state index is 0.0544. The maximum absolute atomic E-state index is 14.7. The first-order valence-corrected chi connectivity index (χ1v) is 16.2. The first-order chi connectivity index (χ1) is 21.5. The summed E-state index contributed by atoms with van der Waals surface area (Å²) in [7, 11) is 0. The number of benzene rings is 1. The van der Waals surface area contributed by atoms with Crippen LogP contribution in [-0.4, -0.2) is 50.2 Å². The Kier molecular flexibility index (Phi) is 7.36. The van der Waals surface area contributed by atoms with Crippen molar-refractivity contribution in [3.05, 3.63) is 69.4 Å². The van der Waals surface area contributed by atoms with Gasteiger partial charge in [0.15, 0.2) is 22.8 Å². The van der Waals surface area contributed by atoms with E-state index in [1.54, 1.807) is 6.08 Å². The Hall–Kier alpha value is -3.91. The molecule has 3 aliphatic carbocycles. The van der Waals surface area contributed by atoms with E-state index in [0.717, 1.165) is 12.0 Å². The van der Waals surface area contributed by atoms with E-state index in [1.807, 2.05) is 52.8 Å². The number of Topliss-reactive ketones (excluding diaryl/α,β-unsaturated/α-hetero) is 2. The van der Waals surface area contributed by atoms with Gasteiger partial charge >= 0.3 is 5.97 Å². The van der Waals surface area contributed by atoms with Gasteiger partial charge in [0.1, 0.15) is 28.4 Å². The van der Waals surface area contributed by atoms with Crippen LogP contribution in [0.15, 0.2) is 52.7 Å². The molecule has 1 aromatic carbocycles. The molecule has 1 saturated heterocycles. The molecular weight excluding hydrogens is 584 g/mol. The van der Waals surface area contributed by atoms with Crippen molar-refractivity contribution in [1.29, 1.82) is 0 Å². The SMILES string of the molecule is CC(C)=CCCC1(C)C=Cc2c(O)c3c(c(CC=C(C)C)c2O1)O[C@]12C(=C[C@@H]4CC1C(C)(C)O[C@@]2(C/C=C(\C)C(=O)O)C4=O)C3=O. The van der Waals surface area contributed by atoms with E-state index in [1.165, 1.54) is 18.6 Å². The molecule has 6 aliphatic rings. The van der Waals surface area contributed by atoms with Crippen molar-refractivity contribution in [3.63, 3.8) is 0 Å². The van der Waals surface area contributed by atoms with Gasteiger partial charge in [-0.25, -0.2) is 4.79 Å². The molecule has 1 spiro atoms. The number of fused-ring (bicyclic) bond motifs is 2. The van der Waals surface area contributed by atoms with Crippen LogP contribution >= 0.6 is 0 Å². The second-order valence-electron chi connectivity index (χ2n) is 14.8. The highest BCUT2D eigenvalue weighted by Crippen LogP contribution is 2.68. The van der Waals surface area contributed by atoms with Gasteiger partial charge in [0.05, 0.1) is 11.2 Å². The molecule has 244 valence electrons. The Bertz CT molecular complexity index is 1730. The van der Waals surface area contributed by atoms with Gasteiger partial charge in [0, 0.05) is 35.0 Å². The highest BCUT2D eigenvalue weighted by atomic mass is 16.6. The number of ether oxygens (including phenoxy) is 3. The lowest BCUT2D eigenvalue weighted by Gasteiger charge is -2.56. The summed E-state index contributed by atoms with van der Waals surface area (Å²) in [6.45, 7) is 15.4. The zero-order chi connectivity index (χ0) is 33.6. The molecule has 4 bridgehead atoms. The molecule has 3 heterocycles. The number of rotatable bonds is 8. The Labute approximate surface area is 270 Å². The van der Waals surface area contributed by atoms with Crippen molar-refractivity contribution in [1.82, 2.24) is 0 Å². The standard InChI is InChI=1S/C38H44O8/c1-20(2)10-9-15-36(8)16-14-24-29(39)28-30(40)26-18-23-19-27-35(6,7)46-37(33(23)41,17-13-22(5)34(42)43)38(26,27)45-32(28)25(31(24)44-36)12-11-21(3)4/h10-11,13-14,16,18,23,27,39H,9,12,15,17,19H2,1-8H3,(H,42,43)/b22-13+/t23-,27?,36?,37+,38-/m1/s1. The summed E-state index contributed by atoms with van der Waals surface area (Å²) in [5.41, 5.74) is -0.952. The molecule has 46 heavy (non-hydrogen) atoms. The molecule has 8 heteroatoms. The van der Waals surface area contributed by atoms with Gasteiger partial charge in [0.2, 0.25) is 0 Å². The Balaban J connectivity index is 1.59. The molecule has 8 nitrogen and oxygen atoms in total. The lowest BCUT2D eigenvalue weighted by Crippen LogP contribution is -2.72. The number of phenols is 1. The van der Waals surface area contributed by atoms with Crippen LogP contribution in [0.5, 0.6) is 17.2 Å². The van der Waals surface area contributed by atoms with Gasteiger partial charge in [-0.05, 0) is 93.2 Å². The summed E-state index contributed by atoms with van der Waals surface area (Å²) in [5, 5.41) is 21.4. The molecule has 5 atom stereocenters. The third-order valence-electron chi connectivity index (χ3n) is 10.5. The summed E-state index contributed by atoms with van der Waals surface area (Å²) in [6, 6.07) is 0. The molecule has 0 aromatic heterocycles. The van der Waals surface area contributed by atoms with E-state index in [2.05, 4.69) is 19.9 Å². The van der Waals surface area contributed by atoms with Crippen molar-refractivity contribution >= 4 is 23.6 Å². The molecule has 1 saturated carbocycles. The van der Waals surface area contributed by atoms with Crippen LogP contribution in [-0.2, 0) is 20.7 Å². The molecule has 2 fully saturated rings. The normalized spacial score (nSPS) is 31.2. The predicted molar refractivity (Wildman–Crippen MR) is 174 cm³/mol. The average Bonchev–Trinajstić information content (AvgIpc) is 3.12. The Morgan fingerprint density at radius 2 is 1.70 bits per heavy atom. The van der Waals surface area contributed by atoms with Gasteiger partial charge in [-0.3, -0.25) is 9.59 Å². The second kappa shape index (κ2) is 10.6. The fourth-order valence-corrected chi connectivity index (χ4v) is 8.17. The molecule has 0 radical (unpaired) electrons. The topological polar surface area (TPSA) is 119 Å². The fourth-order valence-electron chi connectivity index (χ4n) is 8.17. The van der Waals surface area contributed by atoms with Gasteiger partial charge in [0.25, 0.3) is 0 Å². The lowest BCUT2D eigenvalue weighted by atomic mass is 9.51. The van der Waals surface area contributed by atoms with Crippen molar-refractivity contribution in [2.24, 2.45) is 11.8 Å². The number of carboxylic acids is 1. The number of hydrogen-bond acceptors (Lipinski definition) is 7. The molecule has 2 N–H and O–H groups in total. The van der Waals surface area contributed by atoms with Crippen LogP contribution in [0.4, 0.5) is 0 Å². The monoisotopic (exact) mass is 628 g/mol. The van der Waals surface area contributed by atoms with E-state index in [9.17, 15) is 24.6 Å². The summed E-state index contributed by atoms with van der Waals surface area (Å²) < 4.78 is 20.6. The molecule has 2 unspecified atom stereocenters. The third-order valence-corrected chi connectivity index (χ3v) is 10.5. The van der Waals surface area contributed by atoms with Crippen LogP contribution in [0.25, 0.3) is 6.08 Å². The predicted octanol–water partition coefficient (Wildman–Crippen LogP) is 7.24. The third kappa shape index (κ3) is 4.47. The lowest BCUT2D eigenvalue weighted by molar-refractivity contribution is -0.171. The van der Waals surface area contributed by atoms with Gasteiger partial charge in [-0.2, -0.15) is 0 Å². The number of carbonyl (C=O) groups excluding carboxylic acids is 2. The highest BCUT2D eigenvalue weighted by Gasteiger charge is 2.81. The summed E-state index contributed by atoms with van der Waals surface area (Å²) in [6.07, 6.45) is 13.4. The average molecular weight is 629 g/mol. The fraction of sp³-hybridized carbons (Fsp3) is 0.500. The number of carboxylic acid groups (broad SMARTS) is 1. The number of aromatic hydroxyl groups is 1. The van der Waals surface area contributed by atoms with Crippen LogP contribution in [0.3, 0.4) is 0 Å². The minimum Gasteiger partial charge on any atom is -0.506 e. The molecule has 7 rings (SSSR count). The van der Waals surface area contributed by atoms with Crippen LogP contribution < -0.4 is 9.47 Å². The van der Waals surface area contributed by atoms with Crippen LogP contribution in [0.1, 0.15) is 103 Å². The van der Waals surface area contributed by atoms with Crippen molar-refractivity contribution < 1.29 is 38.8 Å². The first-order valence-electron chi connectivity index (χ1n) is 16.2. The van der Waals surface area contributed by atoms with Crippen molar-refractivity contribution in [2.75, 3.05) is 0 Å². The number of allylic oxidation sites excluding steroid dienone is 5. The molecule has 1 aromatic rings. The highest BCUT2D eigenvalue weighted by molar-refractivity contribution is 6.19. The quantitative estimate of drug-likeness (QED) is 0.228. The summed E-state index contributed by atoms with van der Waals surface area (Å²) in [4.78, 5) is 40.8. The first kappa shape index (κ1) is 32.0. The van der Waals surface area contributed by atoms with Gasteiger partial charge in [-0.1, -0.05) is 35.5 Å². The second-order valence-corrected chi connectivity index (χ2v) is 14.8. The van der Waals surface area contributed by atoms with Crippen LogP contribution in [0.2, 0.25) is 0 Å². The number of hydrogen-bond donors (Lipinski definition) is 2. The number of carbonyl (C=O) groups is 3. The number of phenolic OH excluding ortho intramolecular Hbond substituents is 1. The summed E-state index contributed by atoms with van der Waals surface area (Å²) >= 11 is 0. The van der Waals surface area contributed by atoms with E-state index >= 15 is 0 Å². The number of ketones is 2.